The molecule has 3 heterocycles. The highest BCUT2D eigenvalue weighted by Gasteiger charge is 2.14. The van der Waals surface area contributed by atoms with Gasteiger partial charge in [-0.3, -0.25) is 5.10 Å². The van der Waals surface area contributed by atoms with Crippen molar-refractivity contribution in [3.63, 3.8) is 0 Å². The average Bonchev–Trinajstić information content (AvgIpc) is 3.06. The summed E-state index contributed by atoms with van der Waals surface area (Å²) in [4.78, 5) is 18.8. The Morgan fingerprint density at radius 3 is 3.06 bits per heavy atom. The third kappa shape index (κ3) is 1.55. The lowest BCUT2D eigenvalue weighted by atomic mass is 10.1. The van der Waals surface area contributed by atoms with E-state index in [0.717, 1.165) is 16.6 Å². The number of rotatable bonds is 2. The molecule has 0 atom stereocenters. The number of fused-ring (bicyclic) bond motifs is 1. The van der Waals surface area contributed by atoms with Gasteiger partial charge in [0.15, 0.2) is 0 Å². The molecule has 3 aromatic heterocycles. The molecule has 3 rings (SSSR count). The number of hydrogen-bond acceptors (Lipinski definition) is 4. The topological polar surface area (TPSA) is 83.7 Å². The van der Waals surface area contributed by atoms with Crippen molar-refractivity contribution in [2.24, 2.45) is 0 Å². The van der Waals surface area contributed by atoms with E-state index in [-0.39, 0.29) is 5.97 Å². The van der Waals surface area contributed by atoms with E-state index in [2.05, 4.69) is 20.2 Å². The van der Waals surface area contributed by atoms with E-state index in [4.69, 9.17) is 4.74 Å². The number of carbonyl (C=O) groups is 1. The second kappa shape index (κ2) is 3.99. The normalized spacial score (nSPS) is 10.7. The Morgan fingerprint density at radius 1 is 1.44 bits per heavy atom. The predicted molar refractivity (Wildman–Crippen MR) is 65.0 cm³/mol. The summed E-state index contributed by atoms with van der Waals surface area (Å²) in [5.74, 6) is -0.384. The van der Waals surface area contributed by atoms with Gasteiger partial charge in [-0.25, -0.2) is 9.78 Å². The monoisotopic (exact) mass is 242 g/mol. The molecule has 0 bridgehead atoms. The van der Waals surface area contributed by atoms with Crippen molar-refractivity contribution in [3.8, 4) is 11.3 Å². The quantitative estimate of drug-likeness (QED) is 0.670. The molecule has 0 amide bonds. The molecule has 0 aromatic carbocycles. The zero-order valence-corrected chi connectivity index (χ0v) is 9.60. The Balaban J connectivity index is 2.18. The van der Waals surface area contributed by atoms with Gasteiger partial charge in [0.25, 0.3) is 0 Å². The third-order valence-electron chi connectivity index (χ3n) is 2.75. The summed E-state index contributed by atoms with van der Waals surface area (Å²) in [6.07, 6.45) is 4.98. The second-order valence-electron chi connectivity index (χ2n) is 3.78. The fourth-order valence-corrected chi connectivity index (χ4v) is 1.85. The van der Waals surface area contributed by atoms with Crippen LogP contribution in [0.3, 0.4) is 0 Å². The molecule has 6 nitrogen and oxygen atoms in total. The van der Waals surface area contributed by atoms with Gasteiger partial charge < -0.3 is 9.72 Å². The standard InChI is InChI=1S/C12H10N4O2/c1-18-12(17)9-6-14-11-8(9)4-7(5-13-11)10-2-3-15-16-10/h2-6H,1H3,(H,13,14)(H,15,16). The first-order chi connectivity index (χ1) is 8.79. The Morgan fingerprint density at radius 2 is 2.33 bits per heavy atom. The van der Waals surface area contributed by atoms with Gasteiger partial charge in [0, 0.05) is 29.5 Å². The molecule has 0 spiro atoms. The molecule has 0 aliphatic rings. The summed E-state index contributed by atoms with van der Waals surface area (Å²) < 4.78 is 4.73. The lowest BCUT2D eigenvalue weighted by Crippen LogP contribution is -1.99. The van der Waals surface area contributed by atoms with Crippen LogP contribution in [0.15, 0.2) is 30.7 Å². The predicted octanol–water partition coefficient (Wildman–Crippen LogP) is 1.74. The molecule has 0 radical (unpaired) electrons. The van der Waals surface area contributed by atoms with Gasteiger partial charge in [0.2, 0.25) is 0 Å². The zero-order chi connectivity index (χ0) is 12.5. The van der Waals surface area contributed by atoms with Gasteiger partial charge >= 0.3 is 5.97 Å². The summed E-state index contributed by atoms with van der Waals surface area (Å²) >= 11 is 0. The molecule has 6 heteroatoms. The van der Waals surface area contributed by atoms with Gasteiger partial charge in [-0.15, -0.1) is 0 Å². The smallest absolute Gasteiger partial charge is 0.340 e. The Labute approximate surface area is 102 Å². The van der Waals surface area contributed by atoms with Gasteiger partial charge in [-0.1, -0.05) is 0 Å². The zero-order valence-electron chi connectivity index (χ0n) is 9.60. The molecule has 0 saturated heterocycles. The molecule has 0 saturated carbocycles. The van der Waals surface area contributed by atoms with Crippen LogP contribution in [0.5, 0.6) is 0 Å². The molecule has 0 unspecified atom stereocenters. The molecule has 2 N–H and O–H groups in total. The van der Waals surface area contributed by atoms with Crippen molar-refractivity contribution in [3.05, 3.63) is 36.3 Å². The van der Waals surface area contributed by atoms with Gasteiger partial charge in [-0.05, 0) is 12.1 Å². The van der Waals surface area contributed by atoms with Crippen LogP contribution in [-0.2, 0) is 4.74 Å². The Hall–Kier alpha value is -2.63. The van der Waals surface area contributed by atoms with E-state index in [0.29, 0.717) is 11.2 Å². The molecular formula is C12H10N4O2. The van der Waals surface area contributed by atoms with Crippen LogP contribution in [-0.4, -0.2) is 33.2 Å². The van der Waals surface area contributed by atoms with E-state index in [1.807, 2.05) is 12.1 Å². The van der Waals surface area contributed by atoms with Crippen LogP contribution in [0.1, 0.15) is 10.4 Å². The van der Waals surface area contributed by atoms with E-state index >= 15 is 0 Å². The number of esters is 1. The first-order valence-corrected chi connectivity index (χ1v) is 5.35. The van der Waals surface area contributed by atoms with Crippen LogP contribution in [0.25, 0.3) is 22.3 Å². The minimum absolute atomic E-state index is 0.384. The van der Waals surface area contributed by atoms with Crippen molar-refractivity contribution in [2.75, 3.05) is 7.11 Å². The molecule has 0 fully saturated rings. The number of aromatic nitrogens is 4. The van der Waals surface area contributed by atoms with Crippen LogP contribution in [0.4, 0.5) is 0 Å². The maximum Gasteiger partial charge on any atom is 0.340 e. The van der Waals surface area contributed by atoms with E-state index < -0.39 is 0 Å². The lowest BCUT2D eigenvalue weighted by molar-refractivity contribution is 0.0603. The SMILES string of the molecule is COC(=O)c1c[nH]c2ncc(-c3ccn[nH]3)cc12. The maximum atomic E-state index is 11.6. The number of methoxy groups -OCH3 is 1. The first kappa shape index (κ1) is 10.5. The summed E-state index contributed by atoms with van der Waals surface area (Å²) in [6.45, 7) is 0. The number of nitrogens with one attached hydrogen (secondary N) is 2. The highest BCUT2D eigenvalue weighted by Crippen LogP contribution is 2.23. The Bertz CT molecular complexity index is 700. The van der Waals surface area contributed by atoms with Crippen LogP contribution in [0.2, 0.25) is 0 Å². The van der Waals surface area contributed by atoms with Gasteiger partial charge in [0.1, 0.15) is 5.65 Å². The van der Waals surface area contributed by atoms with Crippen molar-refractivity contribution >= 4 is 17.0 Å². The van der Waals surface area contributed by atoms with Crippen molar-refractivity contribution < 1.29 is 9.53 Å². The average molecular weight is 242 g/mol. The van der Waals surface area contributed by atoms with Crippen LogP contribution in [0, 0.1) is 0 Å². The summed E-state index contributed by atoms with van der Waals surface area (Å²) in [7, 11) is 1.35. The number of hydrogen-bond donors (Lipinski definition) is 2. The number of pyridine rings is 1. The van der Waals surface area contributed by atoms with Crippen molar-refractivity contribution in [1.82, 2.24) is 20.2 Å². The number of carbonyl (C=O) groups excluding carboxylic acids is 1. The van der Waals surface area contributed by atoms with E-state index in [9.17, 15) is 4.79 Å². The van der Waals surface area contributed by atoms with Gasteiger partial charge in [0.05, 0.1) is 18.4 Å². The van der Waals surface area contributed by atoms with E-state index in [1.165, 1.54) is 7.11 Å². The lowest BCUT2D eigenvalue weighted by Gasteiger charge is -1.99. The molecular weight excluding hydrogens is 232 g/mol. The number of H-pyrrole nitrogens is 2. The third-order valence-corrected chi connectivity index (χ3v) is 2.75. The van der Waals surface area contributed by atoms with Crippen LogP contribution >= 0.6 is 0 Å². The fourth-order valence-electron chi connectivity index (χ4n) is 1.85. The highest BCUT2D eigenvalue weighted by atomic mass is 16.5. The molecule has 0 aliphatic carbocycles. The van der Waals surface area contributed by atoms with Crippen molar-refractivity contribution in [1.29, 1.82) is 0 Å². The Kier molecular flexibility index (Phi) is 2.33. The summed E-state index contributed by atoms with van der Waals surface area (Å²) in [6, 6.07) is 3.71. The first-order valence-electron chi connectivity index (χ1n) is 5.35. The molecule has 18 heavy (non-hydrogen) atoms. The van der Waals surface area contributed by atoms with E-state index in [1.54, 1.807) is 18.6 Å². The number of ether oxygens (including phenoxy) is 1. The second-order valence-corrected chi connectivity index (χ2v) is 3.78. The summed E-state index contributed by atoms with van der Waals surface area (Å²) in [5, 5.41) is 7.47. The molecule has 90 valence electrons. The minimum atomic E-state index is -0.384. The molecule has 3 aromatic rings. The highest BCUT2D eigenvalue weighted by molar-refractivity contribution is 6.03. The van der Waals surface area contributed by atoms with Gasteiger partial charge in [-0.2, -0.15) is 5.10 Å². The molecule has 0 aliphatic heterocycles. The van der Waals surface area contributed by atoms with Crippen LogP contribution < -0.4 is 0 Å². The summed E-state index contributed by atoms with van der Waals surface area (Å²) in [5.41, 5.74) is 2.84. The fraction of sp³-hybridized carbons (Fsp3) is 0.0833. The van der Waals surface area contributed by atoms with Crippen molar-refractivity contribution in [2.45, 2.75) is 0 Å². The largest absolute Gasteiger partial charge is 0.465 e. The number of aromatic amines is 2. The minimum Gasteiger partial charge on any atom is -0.465 e. The maximum absolute atomic E-state index is 11.6. The number of nitrogens with zero attached hydrogens (tertiary/aromatic N) is 2.